The Hall–Kier alpha value is -3.27. The van der Waals surface area contributed by atoms with E-state index in [1.54, 1.807) is 12.1 Å². The minimum Gasteiger partial charge on any atom is -0.502 e. The Labute approximate surface area is 177 Å². The molecule has 0 bridgehead atoms. The molecule has 0 atom stereocenters. The number of carbonyl (C=O) groups is 2. The highest BCUT2D eigenvalue weighted by Crippen LogP contribution is 2.21. The molecule has 10 heteroatoms. The summed E-state index contributed by atoms with van der Waals surface area (Å²) in [6.07, 6.45) is 0.963. The number of rotatable bonds is 7. The van der Waals surface area contributed by atoms with Crippen molar-refractivity contribution in [3.05, 3.63) is 63.1 Å². The number of halogens is 2. The van der Waals surface area contributed by atoms with E-state index in [4.69, 9.17) is 0 Å². The number of amides is 1. The fourth-order valence-electron chi connectivity index (χ4n) is 3.39. The molecule has 0 aliphatic carbocycles. The minimum atomic E-state index is -0.952. The van der Waals surface area contributed by atoms with Gasteiger partial charge in [0.05, 0.1) is 5.56 Å². The van der Waals surface area contributed by atoms with Crippen LogP contribution in [0, 0.1) is 11.6 Å². The van der Waals surface area contributed by atoms with Crippen LogP contribution in [-0.4, -0.2) is 72.2 Å². The number of ketones is 1. The van der Waals surface area contributed by atoms with Crippen molar-refractivity contribution in [2.24, 2.45) is 0 Å². The highest BCUT2D eigenvalue weighted by Gasteiger charge is 2.32. The van der Waals surface area contributed by atoms with Crippen LogP contribution in [0.3, 0.4) is 0 Å². The number of benzene rings is 1. The topological polar surface area (TPSA) is 86.1 Å². The lowest BCUT2D eigenvalue weighted by atomic mass is 10.0. The Kier molecular flexibility index (Phi) is 6.40. The Morgan fingerprint density at radius 1 is 1.23 bits per heavy atom. The molecule has 2 heterocycles. The number of fused-ring (bicyclic) bond motifs is 1. The van der Waals surface area contributed by atoms with Crippen LogP contribution in [0.4, 0.5) is 8.78 Å². The van der Waals surface area contributed by atoms with E-state index >= 15 is 0 Å². The predicted molar refractivity (Wildman–Crippen MR) is 110 cm³/mol. The Morgan fingerprint density at radius 3 is 2.58 bits per heavy atom. The lowest BCUT2D eigenvalue weighted by molar-refractivity contribution is 0.0680. The van der Waals surface area contributed by atoms with Crippen LogP contribution in [0.2, 0.25) is 0 Å². The second-order valence-corrected chi connectivity index (χ2v) is 7.74. The van der Waals surface area contributed by atoms with Gasteiger partial charge in [-0.25, -0.2) is 8.78 Å². The van der Waals surface area contributed by atoms with Gasteiger partial charge in [-0.3, -0.25) is 24.1 Å². The fourth-order valence-corrected chi connectivity index (χ4v) is 3.39. The molecule has 0 unspecified atom stereocenters. The SMILES string of the molecule is CN(C)CCN1CN(C)n2cc(C(=O)CCc3ccc(F)cc3F)c(=O)c(O)c2C1=O. The number of pyridine rings is 1. The standard InChI is InChI=1S/C21H24F2N4O4/c1-24(2)8-9-26-12-25(3)27-11-15(19(29)20(30)18(27)21(26)31)17(28)7-5-13-4-6-14(22)10-16(13)23/h4,6,10-11,30H,5,7-9,12H2,1-3H3. The zero-order chi connectivity index (χ0) is 22.9. The van der Waals surface area contributed by atoms with Crippen molar-refractivity contribution in [2.75, 3.05) is 45.9 Å². The summed E-state index contributed by atoms with van der Waals surface area (Å²) in [6, 6.07) is 3.05. The van der Waals surface area contributed by atoms with Crippen LogP contribution in [0.5, 0.6) is 5.75 Å². The number of Topliss-reactive ketones (excluding diaryl/α,β-unsaturated/α-hetero) is 1. The summed E-state index contributed by atoms with van der Waals surface area (Å²) in [5.41, 5.74) is -1.32. The van der Waals surface area contributed by atoms with Crippen LogP contribution in [0.25, 0.3) is 0 Å². The third kappa shape index (κ3) is 4.58. The molecule has 2 aromatic rings. The molecule has 1 aliphatic rings. The summed E-state index contributed by atoms with van der Waals surface area (Å²) in [7, 11) is 5.39. The monoisotopic (exact) mass is 434 g/mol. The highest BCUT2D eigenvalue weighted by molar-refractivity contribution is 6.00. The number of aromatic nitrogens is 1. The van der Waals surface area contributed by atoms with Gasteiger partial charge in [-0.1, -0.05) is 6.07 Å². The largest absolute Gasteiger partial charge is 0.502 e. The van der Waals surface area contributed by atoms with E-state index in [0.29, 0.717) is 13.1 Å². The van der Waals surface area contributed by atoms with Gasteiger partial charge in [-0.15, -0.1) is 0 Å². The van der Waals surface area contributed by atoms with Gasteiger partial charge in [0, 0.05) is 38.8 Å². The third-order valence-corrected chi connectivity index (χ3v) is 5.15. The molecule has 166 valence electrons. The smallest absolute Gasteiger partial charge is 0.277 e. The average Bonchev–Trinajstić information content (AvgIpc) is 2.70. The number of hydrogen-bond donors (Lipinski definition) is 1. The summed E-state index contributed by atoms with van der Waals surface area (Å²) in [5.74, 6) is -3.43. The third-order valence-electron chi connectivity index (χ3n) is 5.15. The summed E-state index contributed by atoms with van der Waals surface area (Å²) in [4.78, 5) is 41.5. The van der Waals surface area contributed by atoms with E-state index in [1.807, 2.05) is 19.0 Å². The molecule has 0 spiro atoms. The first-order chi connectivity index (χ1) is 14.6. The maximum absolute atomic E-state index is 13.8. The Balaban J connectivity index is 1.86. The first-order valence-electron chi connectivity index (χ1n) is 9.71. The second-order valence-electron chi connectivity index (χ2n) is 7.74. The van der Waals surface area contributed by atoms with E-state index < -0.39 is 34.5 Å². The van der Waals surface area contributed by atoms with Crippen molar-refractivity contribution >= 4 is 11.7 Å². The molecule has 1 N–H and O–H groups in total. The van der Waals surface area contributed by atoms with Gasteiger partial charge in [0.2, 0.25) is 5.43 Å². The van der Waals surface area contributed by atoms with E-state index in [-0.39, 0.29) is 36.3 Å². The average molecular weight is 434 g/mol. The zero-order valence-electron chi connectivity index (χ0n) is 17.6. The predicted octanol–water partition coefficient (Wildman–Crippen LogP) is 1.19. The lowest BCUT2D eigenvalue weighted by Gasteiger charge is -2.38. The Bertz CT molecular complexity index is 1080. The molecular formula is C21H24F2N4O4. The van der Waals surface area contributed by atoms with Crippen LogP contribution < -0.4 is 10.4 Å². The quantitative estimate of drug-likeness (QED) is 0.659. The number of nitrogens with zero attached hydrogens (tertiary/aromatic N) is 4. The van der Waals surface area contributed by atoms with E-state index in [0.717, 1.165) is 12.1 Å². The van der Waals surface area contributed by atoms with Crippen LogP contribution in [0.1, 0.15) is 32.8 Å². The van der Waals surface area contributed by atoms with Crippen LogP contribution in [-0.2, 0) is 6.42 Å². The second kappa shape index (κ2) is 8.84. The molecule has 0 saturated heterocycles. The number of likely N-dealkylation sites (N-methyl/N-ethyl adjacent to an activating group) is 1. The lowest BCUT2D eigenvalue weighted by Crippen LogP contribution is -2.53. The molecule has 8 nitrogen and oxygen atoms in total. The first-order valence-corrected chi connectivity index (χ1v) is 9.71. The highest BCUT2D eigenvalue weighted by atomic mass is 19.1. The van der Waals surface area contributed by atoms with Crippen molar-refractivity contribution in [1.82, 2.24) is 14.5 Å². The summed E-state index contributed by atoms with van der Waals surface area (Å²) in [6.45, 7) is 1.20. The van der Waals surface area contributed by atoms with Crippen LogP contribution >= 0.6 is 0 Å². The van der Waals surface area contributed by atoms with Gasteiger partial charge in [0.25, 0.3) is 5.91 Å². The van der Waals surface area contributed by atoms with Gasteiger partial charge in [-0.2, -0.15) is 0 Å². The van der Waals surface area contributed by atoms with Crippen molar-refractivity contribution in [2.45, 2.75) is 12.8 Å². The van der Waals surface area contributed by atoms with E-state index in [9.17, 15) is 28.3 Å². The van der Waals surface area contributed by atoms with Crippen LogP contribution in [0.15, 0.2) is 29.2 Å². The maximum Gasteiger partial charge on any atom is 0.277 e. The molecule has 0 fully saturated rings. The number of aryl methyl sites for hydroxylation is 1. The summed E-state index contributed by atoms with van der Waals surface area (Å²) in [5, 5.41) is 12.0. The van der Waals surface area contributed by atoms with Gasteiger partial charge < -0.3 is 14.9 Å². The Morgan fingerprint density at radius 2 is 1.94 bits per heavy atom. The molecule has 1 aromatic heterocycles. The van der Waals surface area contributed by atoms with E-state index in [2.05, 4.69) is 0 Å². The summed E-state index contributed by atoms with van der Waals surface area (Å²) >= 11 is 0. The zero-order valence-corrected chi connectivity index (χ0v) is 17.6. The molecule has 1 aliphatic heterocycles. The van der Waals surface area contributed by atoms with Gasteiger partial charge in [-0.05, 0) is 32.1 Å². The molecule has 0 saturated carbocycles. The van der Waals surface area contributed by atoms with Gasteiger partial charge in [0.1, 0.15) is 18.3 Å². The number of aromatic hydroxyl groups is 1. The number of carbonyl (C=O) groups excluding carboxylic acids is 2. The molecule has 0 radical (unpaired) electrons. The van der Waals surface area contributed by atoms with Crippen molar-refractivity contribution < 1.29 is 23.5 Å². The normalized spacial score (nSPS) is 13.7. The molecule has 1 aromatic carbocycles. The molecule has 1 amide bonds. The van der Waals surface area contributed by atoms with Gasteiger partial charge >= 0.3 is 0 Å². The number of hydrogen-bond acceptors (Lipinski definition) is 6. The maximum atomic E-state index is 13.8. The van der Waals surface area contributed by atoms with Crippen molar-refractivity contribution in [3.8, 4) is 5.75 Å². The molecule has 3 rings (SSSR count). The van der Waals surface area contributed by atoms with Crippen molar-refractivity contribution in [3.63, 3.8) is 0 Å². The van der Waals surface area contributed by atoms with E-state index in [1.165, 1.54) is 21.8 Å². The molecular weight excluding hydrogens is 410 g/mol. The molecule has 31 heavy (non-hydrogen) atoms. The van der Waals surface area contributed by atoms with Crippen molar-refractivity contribution in [1.29, 1.82) is 0 Å². The van der Waals surface area contributed by atoms with Gasteiger partial charge in [0.15, 0.2) is 17.2 Å². The minimum absolute atomic E-state index is 0.0417. The summed E-state index contributed by atoms with van der Waals surface area (Å²) < 4.78 is 28.1. The fraction of sp³-hybridized carbons (Fsp3) is 0.381. The first kappa shape index (κ1) is 22.4.